The molecule has 0 aromatic rings. The normalized spacial score (nSPS) is 60.8. The van der Waals surface area contributed by atoms with Crippen molar-refractivity contribution >= 4 is 0 Å². The van der Waals surface area contributed by atoms with Gasteiger partial charge in [0.1, 0.15) is 0 Å². The maximum absolute atomic E-state index is 5.26. The number of ether oxygens (including phenoxy) is 4. The summed E-state index contributed by atoms with van der Waals surface area (Å²) in [4.78, 5) is 0. The van der Waals surface area contributed by atoms with Crippen LogP contribution in [0.25, 0.3) is 0 Å². The lowest BCUT2D eigenvalue weighted by Gasteiger charge is -1.89. The quantitative estimate of drug-likeness (QED) is 0.437. The molecule has 5 rings (SSSR count). The summed E-state index contributed by atoms with van der Waals surface area (Å²) in [5.41, 5.74) is 0. The van der Waals surface area contributed by atoms with Crippen LogP contribution in [0.15, 0.2) is 23.0 Å². The molecule has 0 aromatic carbocycles. The molecule has 0 N–H and O–H groups in total. The number of hydrogen-bond acceptors (Lipinski definition) is 4. The Morgan fingerprint density at radius 1 is 0.800 bits per heavy atom. The van der Waals surface area contributed by atoms with Crippen molar-refractivity contribution in [3.8, 4) is 0 Å². The van der Waals surface area contributed by atoms with Crippen LogP contribution in [-0.4, -0.2) is 11.6 Å². The average molecular weight is 136 g/mol. The molecule has 0 unspecified atom stereocenters. The van der Waals surface area contributed by atoms with Crippen molar-refractivity contribution in [2.75, 3.05) is 0 Å². The molecule has 2 fully saturated rings. The van der Waals surface area contributed by atoms with Crippen molar-refractivity contribution in [2.45, 2.75) is 11.6 Å². The largest absolute Gasteiger partial charge is 0.444 e. The summed E-state index contributed by atoms with van der Waals surface area (Å²) in [6, 6.07) is 0. The minimum Gasteiger partial charge on any atom is -0.444 e. The maximum atomic E-state index is 5.26. The van der Waals surface area contributed by atoms with Gasteiger partial charge in [0.05, 0.1) is 0 Å². The topological polar surface area (TPSA) is 50.1 Å². The fourth-order valence-corrected chi connectivity index (χ4v) is 1.73. The second kappa shape index (κ2) is 0.538. The van der Waals surface area contributed by atoms with Crippen LogP contribution in [0.3, 0.4) is 0 Å². The molecule has 4 nitrogen and oxygen atoms in total. The Bertz CT molecular complexity index is 347. The number of epoxide rings is 2. The van der Waals surface area contributed by atoms with Gasteiger partial charge in [0, 0.05) is 0 Å². The third kappa shape index (κ3) is 0.130. The zero-order valence-electron chi connectivity index (χ0n) is 4.63. The smallest absolute Gasteiger partial charge is 0.303 e. The zero-order chi connectivity index (χ0) is 6.14. The van der Waals surface area contributed by atoms with Crippen LogP contribution < -0.4 is 0 Å². The van der Waals surface area contributed by atoms with Gasteiger partial charge in [-0.3, -0.25) is 9.47 Å². The average Bonchev–Trinajstić information content (AvgIpc) is 2.60. The van der Waals surface area contributed by atoms with Crippen molar-refractivity contribution < 1.29 is 18.9 Å². The van der Waals surface area contributed by atoms with Crippen molar-refractivity contribution in [3.63, 3.8) is 0 Å². The highest BCUT2D eigenvalue weighted by Crippen LogP contribution is 2.84. The van der Waals surface area contributed by atoms with E-state index in [1.54, 1.807) is 0 Å². The molecule has 0 radical (unpaired) electrons. The first-order chi connectivity index (χ1) is 4.87. The predicted molar refractivity (Wildman–Crippen MR) is 23.9 cm³/mol. The molecule has 4 aliphatic heterocycles. The molecule has 0 aromatic heterocycles. The first kappa shape index (κ1) is 3.41. The van der Waals surface area contributed by atoms with Gasteiger partial charge in [0.25, 0.3) is 0 Å². The predicted octanol–water partition coefficient (Wildman–Crippen LogP) is -0.0634. The SMILES string of the molecule is O1C2=C1C13OC1(O3)C1=C2O1. The summed E-state index contributed by atoms with van der Waals surface area (Å²) in [5, 5.41) is 0. The number of fused-ring (bicyclic) bond motifs is 1. The van der Waals surface area contributed by atoms with E-state index in [0.717, 1.165) is 23.0 Å². The number of rotatable bonds is 0. The van der Waals surface area contributed by atoms with E-state index in [9.17, 15) is 0 Å². The summed E-state index contributed by atoms with van der Waals surface area (Å²) < 4.78 is 20.8. The monoisotopic (exact) mass is 136 g/mol. The van der Waals surface area contributed by atoms with Crippen LogP contribution in [0.5, 0.6) is 0 Å². The Balaban J connectivity index is 2.03. The Morgan fingerprint density at radius 2 is 1.30 bits per heavy atom. The van der Waals surface area contributed by atoms with E-state index in [0.29, 0.717) is 0 Å². The highest BCUT2D eigenvalue weighted by atomic mass is 17.1. The lowest BCUT2D eigenvalue weighted by Crippen LogP contribution is -1.96. The summed E-state index contributed by atoms with van der Waals surface area (Å²) in [7, 11) is 0. The summed E-state index contributed by atoms with van der Waals surface area (Å²) in [6.07, 6.45) is 0. The zero-order valence-corrected chi connectivity index (χ0v) is 4.63. The van der Waals surface area contributed by atoms with Gasteiger partial charge in [-0.05, 0) is 0 Å². The Hall–Kier alpha value is -1.00. The van der Waals surface area contributed by atoms with Gasteiger partial charge < -0.3 is 9.47 Å². The lowest BCUT2D eigenvalue weighted by molar-refractivity contribution is -0.0765. The van der Waals surface area contributed by atoms with Crippen molar-refractivity contribution in [2.24, 2.45) is 0 Å². The first-order valence-corrected chi connectivity index (χ1v) is 3.13. The van der Waals surface area contributed by atoms with Crippen LogP contribution in [0, 0.1) is 0 Å². The Morgan fingerprint density at radius 3 is 1.80 bits per heavy atom. The molecule has 48 valence electrons. The Labute approximate surface area is 54.6 Å². The van der Waals surface area contributed by atoms with Crippen molar-refractivity contribution in [1.29, 1.82) is 0 Å². The van der Waals surface area contributed by atoms with Gasteiger partial charge >= 0.3 is 11.6 Å². The van der Waals surface area contributed by atoms with Crippen LogP contribution in [0.1, 0.15) is 0 Å². The molecular weight excluding hydrogens is 136 g/mol. The summed E-state index contributed by atoms with van der Waals surface area (Å²) in [5.74, 6) is 2.39. The summed E-state index contributed by atoms with van der Waals surface area (Å²) in [6.45, 7) is 0. The molecule has 0 bridgehead atoms. The third-order valence-corrected chi connectivity index (χ3v) is 2.47. The fraction of sp³-hybridized carbons (Fsp3) is 0.333. The summed E-state index contributed by atoms with van der Waals surface area (Å²) >= 11 is 0. The van der Waals surface area contributed by atoms with E-state index in [1.807, 2.05) is 0 Å². The van der Waals surface area contributed by atoms with Gasteiger partial charge in [0.15, 0.2) is 0 Å². The third-order valence-electron chi connectivity index (χ3n) is 2.47. The molecule has 4 heteroatoms. The first-order valence-electron chi connectivity index (χ1n) is 3.13. The van der Waals surface area contributed by atoms with E-state index in [4.69, 9.17) is 18.9 Å². The van der Waals surface area contributed by atoms with Crippen molar-refractivity contribution in [1.82, 2.24) is 0 Å². The standard InChI is InChI=1S/C6O4/c7-1-2-4(8-2)6-5(9-6,10-6)3(1)7. The lowest BCUT2D eigenvalue weighted by atomic mass is 10.2. The van der Waals surface area contributed by atoms with Crippen LogP contribution >= 0.6 is 0 Å². The molecule has 1 aliphatic carbocycles. The van der Waals surface area contributed by atoms with Crippen LogP contribution in [0.2, 0.25) is 0 Å². The van der Waals surface area contributed by atoms with Gasteiger partial charge in [-0.1, -0.05) is 0 Å². The highest BCUT2D eigenvalue weighted by Gasteiger charge is 3.04. The van der Waals surface area contributed by atoms with E-state index < -0.39 is 11.6 Å². The minimum absolute atomic E-state index is 0.488. The van der Waals surface area contributed by atoms with Crippen LogP contribution in [-0.2, 0) is 18.9 Å². The highest BCUT2D eigenvalue weighted by molar-refractivity contribution is 5.65. The molecule has 0 saturated carbocycles. The molecule has 0 amide bonds. The molecule has 10 heavy (non-hydrogen) atoms. The molecule has 4 heterocycles. The van der Waals surface area contributed by atoms with E-state index in [2.05, 4.69) is 0 Å². The Kier molecular flexibility index (Phi) is 0.183. The van der Waals surface area contributed by atoms with Gasteiger partial charge in [-0.2, -0.15) is 0 Å². The second-order valence-electron chi connectivity index (χ2n) is 2.96. The maximum Gasteiger partial charge on any atom is 0.303 e. The molecular formula is C6O4. The number of hydrogen-bond donors (Lipinski definition) is 0. The molecule has 0 atom stereocenters. The van der Waals surface area contributed by atoms with Gasteiger partial charge in [-0.25, -0.2) is 0 Å². The van der Waals surface area contributed by atoms with Crippen LogP contribution in [0.4, 0.5) is 0 Å². The molecule has 0 spiro atoms. The van der Waals surface area contributed by atoms with Gasteiger partial charge in [0.2, 0.25) is 23.0 Å². The minimum atomic E-state index is -0.488. The fourth-order valence-electron chi connectivity index (χ4n) is 1.73. The van der Waals surface area contributed by atoms with E-state index >= 15 is 0 Å². The van der Waals surface area contributed by atoms with E-state index in [-0.39, 0.29) is 0 Å². The molecule has 2 saturated heterocycles. The molecule has 5 aliphatic rings. The van der Waals surface area contributed by atoms with Gasteiger partial charge in [-0.15, -0.1) is 0 Å². The van der Waals surface area contributed by atoms with Crippen molar-refractivity contribution in [3.05, 3.63) is 23.0 Å². The van der Waals surface area contributed by atoms with E-state index in [1.165, 1.54) is 0 Å². The second-order valence-corrected chi connectivity index (χ2v) is 2.96.